The van der Waals surface area contributed by atoms with Gasteiger partial charge in [-0.1, -0.05) is 20.8 Å². The molecule has 0 aromatic rings. The molecule has 0 aromatic heterocycles. The molecule has 0 fully saturated rings. The van der Waals surface area contributed by atoms with E-state index in [1.54, 1.807) is 49.1 Å². The normalized spacial score (nSPS) is 15.1. The van der Waals surface area contributed by atoms with Gasteiger partial charge in [0.2, 0.25) is 0 Å². The summed E-state index contributed by atoms with van der Waals surface area (Å²) in [6, 6.07) is 0. The van der Waals surface area contributed by atoms with Crippen LogP contribution in [0, 0.1) is 17.8 Å². The highest BCUT2D eigenvalue weighted by atomic mass is 32.2. The summed E-state index contributed by atoms with van der Waals surface area (Å²) in [5.74, 6) is 5.38. The molecule has 0 aliphatic heterocycles. The average Bonchev–Trinajstić information content (AvgIpc) is 2.73. The van der Waals surface area contributed by atoms with Gasteiger partial charge in [0.15, 0.2) is 0 Å². The fraction of sp³-hybridized carbons (Fsp3) is 0.850. The highest BCUT2D eigenvalue weighted by molar-refractivity contribution is 8.06. The van der Waals surface area contributed by atoms with Crippen LogP contribution in [0.1, 0.15) is 20.8 Å². The van der Waals surface area contributed by atoms with Crippen molar-refractivity contribution in [2.45, 2.75) is 26.0 Å². The van der Waals surface area contributed by atoms with Gasteiger partial charge in [0.1, 0.15) is 0 Å². The van der Waals surface area contributed by atoms with Crippen LogP contribution >= 0.6 is 58.8 Å². The number of rotatable bonds is 20. The Hall–Kier alpha value is 0.160. The van der Waals surface area contributed by atoms with Crippen molar-refractivity contribution in [1.29, 1.82) is 0 Å². The van der Waals surface area contributed by atoms with Crippen molar-refractivity contribution in [3.63, 3.8) is 0 Å². The first-order chi connectivity index (χ1) is 14.7. The largest absolute Gasteiger partial charge is 0.481 e. The maximum Gasteiger partial charge on any atom is 0.309 e. The van der Waals surface area contributed by atoms with Crippen molar-refractivity contribution in [3.05, 3.63) is 0 Å². The number of aliphatic carboxylic acids is 2. The number of ether oxygens (including phenoxy) is 1. The SMILES string of the molecule is COC(=O)C(C)CSCC(CSCCSCC(C)C(=O)O)SCCSCC(C)C(=O)O. The number of carboxylic acids is 2. The smallest absolute Gasteiger partial charge is 0.309 e. The Labute approximate surface area is 207 Å². The Bertz CT molecular complexity index is 522. The highest BCUT2D eigenvalue weighted by Crippen LogP contribution is 2.24. The van der Waals surface area contributed by atoms with Gasteiger partial charge >= 0.3 is 17.9 Å². The third-order valence-corrected chi connectivity index (χ3v) is 11.3. The van der Waals surface area contributed by atoms with Gasteiger partial charge in [-0.05, 0) is 0 Å². The topological polar surface area (TPSA) is 101 Å². The molecule has 11 heteroatoms. The van der Waals surface area contributed by atoms with Crippen molar-refractivity contribution in [3.8, 4) is 0 Å². The lowest BCUT2D eigenvalue weighted by atomic mass is 10.2. The second-order valence-corrected chi connectivity index (χ2v) is 13.1. The van der Waals surface area contributed by atoms with Crippen LogP contribution in [0.25, 0.3) is 0 Å². The fourth-order valence-electron chi connectivity index (χ4n) is 2.06. The molecule has 0 heterocycles. The van der Waals surface area contributed by atoms with Crippen LogP contribution in [0.3, 0.4) is 0 Å². The Balaban J connectivity index is 4.22. The van der Waals surface area contributed by atoms with E-state index in [2.05, 4.69) is 0 Å². The third kappa shape index (κ3) is 17.3. The molecule has 182 valence electrons. The molecule has 0 amide bonds. The van der Waals surface area contributed by atoms with Gasteiger partial charge in [0, 0.05) is 57.0 Å². The second-order valence-electron chi connectivity index (χ2n) is 7.16. The molecule has 31 heavy (non-hydrogen) atoms. The molecule has 0 spiro atoms. The number of carbonyl (C=O) groups excluding carboxylic acids is 1. The van der Waals surface area contributed by atoms with E-state index in [9.17, 15) is 14.4 Å². The van der Waals surface area contributed by atoms with E-state index in [1.807, 2.05) is 30.4 Å². The molecular weight excluding hydrogens is 497 g/mol. The van der Waals surface area contributed by atoms with E-state index in [0.29, 0.717) is 16.8 Å². The molecule has 0 saturated heterocycles. The van der Waals surface area contributed by atoms with Gasteiger partial charge in [-0.3, -0.25) is 14.4 Å². The number of thioether (sulfide) groups is 5. The minimum atomic E-state index is -0.749. The summed E-state index contributed by atoms with van der Waals surface area (Å²) in [6.07, 6.45) is 0. The molecule has 0 radical (unpaired) electrons. The Morgan fingerprint density at radius 3 is 1.58 bits per heavy atom. The first-order valence-electron chi connectivity index (χ1n) is 10.1. The first-order valence-corrected chi connectivity index (χ1v) is 15.8. The molecular formula is C20H36O6S5. The number of hydrogen-bond acceptors (Lipinski definition) is 9. The van der Waals surface area contributed by atoms with Crippen LogP contribution in [0.4, 0.5) is 0 Å². The predicted octanol–water partition coefficient (Wildman–Crippen LogP) is 4.27. The quantitative estimate of drug-likeness (QED) is 0.174. The summed E-state index contributed by atoms with van der Waals surface area (Å²) in [5, 5.41) is 18.3. The summed E-state index contributed by atoms with van der Waals surface area (Å²) in [4.78, 5) is 33.3. The summed E-state index contributed by atoms with van der Waals surface area (Å²) >= 11 is 8.93. The van der Waals surface area contributed by atoms with E-state index in [1.165, 1.54) is 7.11 Å². The summed E-state index contributed by atoms with van der Waals surface area (Å²) < 4.78 is 4.79. The zero-order chi connectivity index (χ0) is 23.6. The Kier molecular flexibility index (Phi) is 19.7. The molecule has 0 bridgehead atoms. The standard InChI is InChI=1S/C20H36O6S5/c1-14(18(21)22)9-27-5-6-29-12-17(13-30-11-16(3)20(25)26-4)31-8-7-28-10-15(2)19(23)24/h14-17H,5-13H2,1-4H3,(H,21,22)(H,23,24). The lowest BCUT2D eigenvalue weighted by Gasteiger charge is -2.17. The number of hydrogen-bond donors (Lipinski definition) is 2. The second kappa shape index (κ2) is 19.6. The highest BCUT2D eigenvalue weighted by Gasteiger charge is 2.16. The molecule has 0 aromatic carbocycles. The van der Waals surface area contributed by atoms with E-state index in [-0.39, 0.29) is 23.7 Å². The predicted molar refractivity (Wildman–Crippen MR) is 140 cm³/mol. The van der Waals surface area contributed by atoms with E-state index in [0.717, 1.165) is 40.3 Å². The summed E-state index contributed by atoms with van der Waals surface area (Å²) in [7, 11) is 1.41. The molecule has 0 aliphatic rings. The van der Waals surface area contributed by atoms with E-state index < -0.39 is 11.9 Å². The maximum absolute atomic E-state index is 11.6. The van der Waals surface area contributed by atoms with Crippen molar-refractivity contribution < 1.29 is 29.3 Å². The van der Waals surface area contributed by atoms with Crippen LogP contribution in [-0.4, -0.2) is 92.3 Å². The van der Waals surface area contributed by atoms with Crippen LogP contribution in [0.2, 0.25) is 0 Å². The number of methoxy groups -OCH3 is 1. The maximum atomic E-state index is 11.6. The van der Waals surface area contributed by atoms with Crippen molar-refractivity contribution in [2.75, 3.05) is 58.9 Å². The first kappa shape index (κ1) is 31.2. The molecule has 0 aliphatic carbocycles. The summed E-state index contributed by atoms with van der Waals surface area (Å²) in [5.41, 5.74) is 0. The minimum absolute atomic E-state index is 0.117. The van der Waals surface area contributed by atoms with Gasteiger partial charge in [0.05, 0.1) is 24.9 Å². The molecule has 2 N–H and O–H groups in total. The van der Waals surface area contributed by atoms with Gasteiger partial charge in [-0.15, -0.1) is 0 Å². The molecule has 4 atom stereocenters. The lowest BCUT2D eigenvalue weighted by Crippen LogP contribution is -2.18. The third-order valence-electron chi connectivity index (χ3n) is 4.11. The van der Waals surface area contributed by atoms with Gasteiger partial charge in [-0.25, -0.2) is 0 Å². The van der Waals surface area contributed by atoms with Gasteiger partial charge in [-0.2, -0.15) is 58.8 Å². The monoisotopic (exact) mass is 532 g/mol. The van der Waals surface area contributed by atoms with Gasteiger partial charge in [0.25, 0.3) is 0 Å². The van der Waals surface area contributed by atoms with Crippen LogP contribution in [0.5, 0.6) is 0 Å². The minimum Gasteiger partial charge on any atom is -0.481 e. The molecule has 6 nitrogen and oxygen atoms in total. The van der Waals surface area contributed by atoms with Crippen LogP contribution in [-0.2, 0) is 19.1 Å². The Morgan fingerprint density at radius 2 is 1.10 bits per heavy atom. The Morgan fingerprint density at radius 1 is 0.677 bits per heavy atom. The van der Waals surface area contributed by atoms with Gasteiger partial charge < -0.3 is 14.9 Å². The number of carbonyl (C=O) groups is 3. The van der Waals surface area contributed by atoms with E-state index in [4.69, 9.17) is 14.9 Å². The molecule has 0 saturated carbocycles. The van der Waals surface area contributed by atoms with Crippen molar-refractivity contribution in [2.24, 2.45) is 17.8 Å². The van der Waals surface area contributed by atoms with E-state index >= 15 is 0 Å². The lowest BCUT2D eigenvalue weighted by molar-refractivity contribution is -0.144. The average molecular weight is 533 g/mol. The number of carboxylic acid groups (broad SMARTS) is 2. The molecule has 0 rings (SSSR count). The van der Waals surface area contributed by atoms with Crippen LogP contribution < -0.4 is 0 Å². The fourth-order valence-corrected chi connectivity index (χ4v) is 8.57. The van der Waals surface area contributed by atoms with Crippen LogP contribution in [0.15, 0.2) is 0 Å². The number of esters is 1. The summed E-state index contributed by atoms with van der Waals surface area (Å²) in [6.45, 7) is 5.35. The zero-order valence-electron chi connectivity index (χ0n) is 18.7. The zero-order valence-corrected chi connectivity index (χ0v) is 22.8. The van der Waals surface area contributed by atoms with Crippen molar-refractivity contribution in [1.82, 2.24) is 0 Å². The van der Waals surface area contributed by atoms with Crippen molar-refractivity contribution >= 4 is 76.7 Å². The molecule has 4 unspecified atom stereocenters.